The zero-order valence-corrected chi connectivity index (χ0v) is 16.4. The van der Waals surface area contributed by atoms with Gasteiger partial charge in [0.2, 0.25) is 5.65 Å². The first-order chi connectivity index (χ1) is 14.5. The average Bonchev–Trinajstić information content (AvgIpc) is 3.13. The number of para-hydroxylation sites is 1. The minimum absolute atomic E-state index is 0.252. The lowest BCUT2D eigenvalue weighted by molar-refractivity contribution is 0.643. The van der Waals surface area contributed by atoms with Crippen molar-refractivity contribution in [1.82, 2.24) is 34.5 Å². The van der Waals surface area contributed by atoms with E-state index in [1.807, 2.05) is 56.3 Å². The molecule has 9 nitrogen and oxygen atoms in total. The molecule has 0 atom stereocenters. The van der Waals surface area contributed by atoms with Gasteiger partial charge < -0.3 is 5.73 Å². The molecule has 30 heavy (non-hydrogen) atoms. The lowest BCUT2D eigenvalue weighted by Gasteiger charge is -2.18. The predicted octanol–water partition coefficient (Wildman–Crippen LogP) is 2.17. The van der Waals surface area contributed by atoms with Crippen molar-refractivity contribution in [3.63, 3.8) is 0 Å². The summed E-state index contributed by atoms with van der Waals surface area (Å²) in [4.78, 5) is 25.7. The minimum Gasteiger partial charge on any atom is -0.382 e. The topological polar surface area (TPSA) is 117 Å². The van der Waals surface area contributed by atoms with E-state index in [1.165, 1.54) is 6.33 Å². The number of aromatic nitrogens is 7. The van der Waals surface area contributed by atoms with Gasteiger partial charge in [0, 0.05) is 5.39 Å². The highest BCUT2D eigenvalue weighted by molar-refractivity contribution is 5.85. The van der Waals surface area contributed by atoms with Gasteiger partial charge in [0.05, 0.1) is 23.4 Å². The van der Waals surface area contributed by atoms with Gasteiger partial charge in [0.1, 0.15) is 6.33 Å². The fraction of sp³-hybridized carbons (Fsp3) is 0.143. The number of nitrogens with two attached hydrogens (primary N) is 1. The first-order valence-corrected chi connectivity index (χ1v) is 9.41. The number of fused-ring (bicyclic) bond motifs is 2. The summed E-state index contributed by atoms with van der Waals surface area (Å²) in [6.45, 7) is 4.21. The van der Waals surface area contributed by atoms with Gasteiger partial charge in [-0.3, -0.25) is 4.57 Å². The molecule has 2 N–H and O–H groups in total. The maximum atomic E-state index is 13.1. The Balaban J connectivity index is 1.86. The lowest BCUT2D eigenvalue weighted by Crippen LogP contribution is -2.27. The quantitative estimate of drug-likeness (QED) is 0.495. The molecule has 5 aromatic rings. The third kappa shape index (κ3) is 2.71. The zero-order valence-electron chi connectivity index (χ0n) is 16.4. The van der Waals surface area contributed by atoms with Crippen LogP contribution in [0.15, 0.2) is 53.6 Å². The number of hydrogen-bond donors (Lipinski definition) is 1. The molecule has 0 saturated heterocycles. The van der Waals surface area contributed by atoms with Gasteiger partial charge in [0.25, 0.3) is 0 Å². The van der Waals surface area contributed by atoms with Gasteiger partial charge in [0.15, 0.2) is 11.3 Å². The van der Waals surface area contributed by atoms with Crippen LogP contribution in [0.4, 0.5) is 5.82 Å². The Kier molecular flexibility index (Phi) is 4.02. The number of aryl methyl sites for hydroxylation is 2. The highest BCUT2D eigenvalue weighted by Gasteiger charge is 2.19. The first kappa shape index (κ1) is 17.9. The van der Waals surface area contributed by atoms with Gasteiger partial charge in [-0.05, 0) is 37.1 Å². The van der Waals surface area contributed by atoms with Crippen LogP contribution in [0.1, 0.15) is 16.8 Å². The zero-order chi connectivity index (χ0) is 20.8. The number of nitrogens with zero attached hydrogens (tertiary/aromatic N) is 7. The molecule has 0 spiro atoms. The van der Waals surface area contributed by atoms with Gasteiger partial charge in [-0.1, -0.05) is 35.5 Å². The van der Waals surface area contributed by atoms with E-state index in [4.69, 9.17) is 5.73 Å². The number of hydrogen-bond acceptors (Lipinski definition) is 7. The second-order valence-electron chi connectivity index (χ2n) is 7.11. The molecule has 2 aromatic carbocycles. The number of nitrogen functional groups attached to an aromatic ring is 1. The minimum atomic E-state index is -0.356. The van der Waals surface area contributed by atoms with Crippen molar-refractivity contribution in [1.29, 1.82) is 0 Å². The molecule has 0 aliphatic heterocycles. The van der Waals surface area contributed by atoms with E-state index < -0.39 is 0 Å². The molecule has 0 aliphatic carbocycles. The molecule has 9 heteroatoms. The molecule has 148 valence electrons. The van der Waals surface area contributed by atoms with Gasteiger partial charge in [-0.15, -0.1) is 5.10 Å². The molecule has 0 radical (unpaired) electrons. The molecule has 5 rings (SSSR count). The summed E-state index contributed by atoms with van der Waals surface area (Å²) in [7, 11) is 0. The van der Waals surface area contributed by atoms with E-state index in [9.17, 15) is 4.79 Å². The van der Waals surface area contributed by atoms with Crippen molar-refractivity contribution in [2.45, 2.75) is 20.4 Å². The lowest BCUT2D eigenvalue weighted by atomic mass is 10.1. The van der Waals surface area contributed by atoms with Crippen molar-refractivity contribution >= 4 is 27.9 Å². The van der Waals surface area contributed by atoms with Crippen LogP contribution in [0.5, 0.6) is 0 Å². The Bertz CT molecular complexity index is 1480. The monoisotopic (exact) mass is 398 g/mol. The van der Waals surface area contributed by atoms with Crippen LogP contribution >= 0.6 is 0 Å². The molecule has 0 amide bonds. The summed E-state index contributed by atoms with van der Waals surface area (Å²) >= 11 is 0. The summed E-state index contributed by atoms with van der Waals surface area (Å²) in [5.74, 6) is 0.282. The maximum absolute atomic E-state index is 13.1. The van der Waals surface area contributed by atoms with Crippen LogP contribution < -0.4 is 11.4 Å². The first-order valence-electron chi connectivity index (χ1n) is 9.41. The fourth-order valence-electron chi connectivity index (χ4n) is 3.81. The van der Waals surface area contributed by atoms with Crippen LogP contribution in [0.2, 0.25) is 0 Å². The third-order valence-corrected chi connectivity index (χ3v) is 5.21. The summed E-state index contributed by atoms with van der Waals surface area (Å²) < 4.78 is 3.26. The summed E-state index contributed by atoms with van der Waals surface area (Å²) in [6.07, 6.45) is 1.35. The molecule has 0 unspecified atom stereocenters. The summed E-state index contributed by atoms with van der Waals surface area (Å²) in [5, 5.41) is 9.21. The van der Waals surface area contributed by atoms with Crippen molar-refractivity contribution < 1.29 is 0 Å². The van der Waals surface area contributed by atoms with Crippen molar-refractivity contribution in [2.75, 3.05) is 5.73 Å². The Morgan fingerprint density at radius 1 is 1.00 bits per heavy atom. The summed E-state index contributed by atoms with van der Waals surface area (Å²) in [6, 6.07) is 13.4. The standard InChI is InChI=1S/C21H18N8O/c1-12-6-3-4-9-15(12)29-16(17-13(2)7-5-8-14(17)25-21(29)30)10-28-18-19(22)23-11-24-20(18)26-27-28/h3-9,11H,10H2,1-2H3,(H2,22,23,24). The van der Waals surface area contributed by atoms with E-state index >= 15 is 0 Å². The molecule has 0 saturated carbocycles. The number of anilines is 1. The summed E-state index contributed by atoms with van der Waals surface area (Å²) in [5.41, 5.74) is 10.8. The van der Waals surface area contributed by atoms with Crippen LogP contribution in [0.25, 0.3) is 27.8 Å². The average molecular weight is 398 g/mol. The Labute approximate surface area is 170 Å². The third-order valence-electron chi connectivity index (χ3n) is 5.21. The molecule has 3 aromatic heterocycles. The van der Waals surface area contributed by atoms with E-state index in [0.717, 1.165) is 27.9 Å². The Morgan fingerprint density at radius 3 is 2.63 bits per heavy atom. The number of rotatable bonds is 3. The van der Waals surface area contributed by atoms with Crippen LogP contribution in [0, 0.1) is 13.8 Å². The molecule has 3 heterocycles. The van der Waals surface area contributed by atoms with Gasteiger partial charge in [-0.25, -0.2) is 19.4 Å². The smallest absolute Gasteiger partial charge is 0.353 e. The molecule has 0 fully saturated rings. The largest absolute Gasteiger partial charge is 0.382 e. The highest BCUT2D eigenvalue weighted by Crippen LogP contribution is 2.25. The second-order valence-corrected chi connectivity index (χ2v) is 7.11. The Hall–Kier alpha value is -4.14. The van der Waals surface area contributed by atoms with Crippen molar-refractivity contribution in [2.24, 2.45) is 0 Å². The SMILES string of the molecule is Cc1ccccc1-n1c(Cn2nnc3ncnc(N)c32)c2c(C)cccc2nc1=O. The van der Waals surface area contributed by atoms with E-state index in [2.05, 4.69) is 25.3 Å². The number of benzene rings is 2. The van der Waals surface area contributed by atoms with Crippen LogP contribution in [0.3, 0.4) is 0 Å². The van der Waals surface area contributed by atoms with Crippen molar-refractivity contribution in [3.05, 3.63) is 76.1 Å². The normalized spacial score (nSPS) is 11.4. The Morgan fingerprint density at radius 2 is 1.80 bits per heavy atom. The van der Waals surface area contributed by atoms with Crippen LogP contribution in [-0.2, 0) is 6.54 Å². The van der Waals surface area contributed by atoms with Crippen LogP contribution in [-0.4, -0.2) is 34.5 Å². The predicted molar refractivity (Wildman–Crippen MR) is 113 cm³/mol. The van der Waals surface area contributed by atoms with E-state index in [0.29, 0.717) is 16.7 Å². The van der Waals surface area contributed by atoms with Crippen molar-refractivity contribution in [3.8, 4) is 5.69 Å². The van der Waals surface area contributed by atoms with Gasteiger partial charge >= 0.3 is 5.69 Å². The van der Waals surface area contributed by atoms with E-state index in [1.54, 1.807) is 9.25 Å². The maximum Gasteiger partial charge on any atom is 0.353 e. The van der Waals surface area contributed by atoms with Gasteiger partial charge in [-0.2, -0.15) is 4.98 Å². The molecular formula is C21H18N8O. The highest BCUT2D eigenvalue weighted by atomic mass is 16.1. The fourth-order valence-corrected chi connectivity index (χ4v) is 3.81. The molecule has 0 aliphatic rings. The van der Waals surface area contributed by atoms with E-state index in [-0.39, 0.29) is 18.1 Å². The second kappa shape index (κ2) is 6.73. The molecule has 0 bridgehead atoms. The molecular weight excluding hydrogens is 380 g/mol.